The van der Waals surface area contributed by atoms with Gasteiger partial charge in [-0.1, -0.05) is 45.9 Å². The number of alkyl carbamates (subject to hydrolysis) is 2. The second-order valence-electron chi connectivity index (χ2n) is 16.3. The second kappa shape index (κ2) is 16.5. The molecule has 0 saturated carbocycles. The first-order valence-corrected chi connectivity index (χ1v) is 20.4. The Labute approximate surface area is 346 Å². The fourth-order valence-corrected chi connectivity index (χ4v) is 8.55. The van der Waals surface area contributed by atoms with E-state index in [4.69, 9.17) is 28.9 Å². The minimum Gasteiger partial charge on any atom is -0.453 e. The molecule has 4 amide bonds. The van der Waals surface area contributed by atoms with E-state index in [-0.39, 0.29) is 36.2 Å². The molecule has 1 spiro atoms. The third-order valence-electron chi connectivity index (χ3n) is 11.7. The number of rotatable bonds is 10. The number of aromatic amines is 2. The molecule has 0 aliphatic carbocycles. The van der Waals surface area contributed by atoms with Gasteiger partial charge in [-0.05, 0) is 66.1 Å². The zero-order chi connectivity index (χ0) is 42.3. The molecule has 5 aromatic rings. The summed E-state index contributed by atoms with van der Waals surface area (Å²) in [5, 5.41) is 6.34. The summed E-state index contributed by atoms with van der Waals surface area (Å²) in [4.78, 5) is 76.8. The first kappa shape index (κ1) is 40.7. The van der Waals surface area contributed by atoms with Crippen LogP contribution in [0.3, 0.4) is 0 Å². The lowest BCUT2D eigenvalue weighted by Crippen LogP contribution is -2.52. The van der Waals surface area contributed by atoms with Gasteiger partial charge in [0.25, 0.3) is 0 Å². The molecular weight excluding hydrogens is 771 g/mol. The number of nitrogens with zero attached hydrogens (tertiary/aromatic N) is 5. The van der Waals surface area contributed by atoms with Crippen LogP contribution in [0.5, 0.6) is 0 Å². The van der Waals surface area contributed by atoms with E-state index in [0.29, 0.717) is 37.8 Å². The van der Waals surface area contributed by atoms with Gasteiger partial charge in [0.05, 0.1) is 80.2 Å². The Balaban J connectivity index is 1.01. The number of carbonyl (C=O) groups excluding carboxylic acids is 4. The van der Waals surface area contributed by atoms with Crippen LogP contribution in [-0.2, 0) is 28.5 Å². The molecule has 3 saturated heterocycles. The van der Waals surface area contributed by atoms with E-state index in [1.54, 1.807) is 16.0 Å². The quantitative estimate of drug-likeness (QED) is 0.136. The minimum atomic E-state index is -0.948. The van der Waals surface area contributed by atoms with E-state index in [2.05, 4.69) is 31.7 Å². The van der Waals surface area contributed by atoms with E-state index in [9.17, 15) is 19.2 Å². The van der Waals surface area contributed by atoms with Crippen molar-refractivity contribution in [1.29, 1.82) is 0 Å². The lowest BCUT2D eigenvalue weighted by Gasteiger charge is -2.30. The molecule has 3 fully saturated rings. The van der Waals surface area contributed by atoms with Gasteiger partial charge in [-0.2, -0.15) is 0 Å². The smallest absolute Gasteiger partial charge is 0.407 e. The van der Waals surface area contributed by atoms with E-state index in [0.717, 1.165) is 57.3 Å². The molecule has 0 bridgehead atoms. The van der Waals surface area contributed by atoms with Crippen molar-refractivity contribution in [3.8, 4) is 22.5 Å². The van der Waals surface area contributed by atoms with E-state index in [1.165, 1.54) is 14.2 Å². The summed E-state index contributed by atoms with van der Waals surface area (Å²) in [6.07, 6.45) is 2.39. The van der Waals surface area contributed by atoms with Crippen molar-refractivity contribution in [2.75, 3.05) is 40.5 Å². The fraction of sp³-hybridized carbons (Fsp3) is 0.465. The van der Waals surface area contributed by atoms with Gasteiger partial charge in [0, 0.05) is 18.4 Å². The molecule has 4 atom stereocenters. The number of likely N-dealkylation sites (tertiary alicyclic amines) is 2. The molecule has 4 N–H and O–H groups in total. The number of ether oxygens (including phenoxy) is 4. The number of nitrogens with one attached hydrogen (secondary N) is 4. The van der Waals surface area contributed by atoms with Gasteiger partial charge in [0.1, 0.15) is 23.7 Å². The summed E-state index contributed by atoms with van der Waals surface area (Å²) < 4.78 is 21.7. The average Bonchev–Trinajstić information content (AvgIpc) is 4.11. The van der Waals surface area contributed by atoms with Gasteiger partial charge in [-0.25, -0.2) is 24.5 Å². The highest BCUT2D eigenvalue weighted by Crippen LogP contribution is 2.43. The summed E-state index contributed by atoms with van der Waals surface area (Å²) in [6.45, 7) is 9.16. The van der Waals surface area contributed by atoms with Crippen molar-refractivity contribution >= 4 is 45.9 Å². The van der Waals surface area contributed by atoms with E-state index >= 15 is 0 Å². The molecule has 4 unspecified atom stereocenters. The third kappa shape index (κ3) is 7.86. The molecule has 3 aromatic heterocycles. The van der Waals surface area contributed by atoms with Crippen LogP contribution < -0.4 is 10.6 Å². The number of imidazole rings is 2. The first-order valence-electron chi connectivity index (χ1n) is 20.4. The van der Waals surface area contributed by atoms with Gasteiger partial charge >= 0.3 is 12.2 Å². The molecule has 6 heterocycles. The normalized spacial score (nSPS) is 19.7. The van der Waals surface area contributed by atoms with Crippen molar-refractivity contribution in [1.82, 2.24) is 45.4 Å². The number of amides is 4. The monoisotopic (exact) mass is 821 g/mol. The maximum Gasteiger partial charge on any atom is 0.407 e. The standard InChI is InChI=1S/C43H51N9O8/c1-23(2)35(49-41(55)57-5)39(53)51-15-7-8-33(51)37-44-21-32(48-37)30-14-11-27-18-25(9-12-28(27)45-30)26-10-13-29-31(19-26)47-38(46-29)34-20-43(59-16-17-60-43)22-52(34)40(54)36(24(3)4)50-42(56)58-6/h9-14,18-19,21,23-24,33-36H,7-8,15-17,20,22H2,1-6H3,(H,44,48)(H,46,47)(H,49,55)(H,50,56). The molecule has 17 heteroatoms. The zero-order valence-corrected chi connectivity index (χ0v) is 34.6. The fourth-order valence-electron chi connectivity index (χ4n) is 8.55. The van der Waals surface area contributed by atoms with Gasteiger partial charge in [0.15, 0.2) is 5.79 Å². The van der Waals surface area contributed by atoms with Crippen LogP contribution in [0.15, 0.2) is 54.7 Å². The predicted molar refractivity (Wildman–Crippen MR) is 220 cm³/mol. The molecule has 60 heavy (non-hydrogen) atoms. The Morgan fingerprint density at radius 3 is 2.10 bits per heavy atom. The highest BCUT2D eigenvalue weighted by Gasteiger charge is 2.53. The van der Waals surface area contributed by atoms with Crippen LogP contribution in [0, 0.1) is 11.8 Å². The Kier molecular flexibility index (Phi) is 11.2. The number of aromatic nitrogens is 5. The Bertz CT molecular complexity index is 2420. The summed E-state index contributed by atoms with van der Waals surface area (Å²) in [6, 6.07) is 13.8. The summed E-state index contributed by atoms with van der Waals surface area (Å²) in [5.74, 6) is -0.426. The van der Waals surface area contributed by atoms with Crippen LogP contribution in [0.25, 0.3) is 44.5 Å². The van der Waals surface area contributed by atoms with Crippen LogP contribution in [-0.4, -0.2) is 117 Å². The third-order valence-corrected chi connectivity index (χ3v) is 11.7. The lowest BCUT2D eigenvalue weighted by molar-refractivity contribution is -0.153. The van der Waals surface area contributed by atoms with Crippen molar-refractivity contribution in [2.45, 2.75) is 76.9 Å². The van der Waals surface area contributed by atoms with Crippen LogP contribution in [0.2, 0.25) is 0 Å². The van der Waals surface area contributed by atoms with Crippen LogP contribution in [0.4, 0.5) is 9.59 Å². The molecule has 17 nitrogen and oxygen atoms in total. The largest absolute Gasteiger partial charge is 0.453 e. The van der Waals surface area contributed by atoms with Gasteiger partial charge in [0.2, 0.25) is 11.8 Å². The number of fused-ring (bicyclic) bond motifs is 2. The number of hydrogen-bond donors (Lipinski definition) is 4. The van der Waals surface area contributed by atoms with Crippen molar-refractivity contribution in [3.63, 3.8) is 0 Å². The summed E-state index contributed by atoms with van der Waals surface area (Å²) in [5.41, 5.74) is 5.78. The molecule has 3 aliphatic rings. The molecule has 316 valence electrons. The Hall–Kier alpha value is -6.07. The highest BCUT2D eigenvalue weighted by atomic mass is 16.7. The maximum atomic E-state index is 14.1. The van der Waals surface area contributed by atoms with Gasteiger partial charge in [-0.3, -0.25) is 9.59 Å². The first-order chi connectivity index (χ1) is 28.9. The van der Waals surface area contributed by atoms with E-state index in [1.807, 2.05) is 70.2 Å². The molecule has 3 aliphatic heterocycles. The number of pyridine rings is 1. The minimum absolute atomic E-state index is 0.126. The average molecular weight is 822 g/mol. The van der Waals surface area contributed by atoms with E-state index < -0.39 is 36.1 Å². The number of benzene rings is 2. The summed E-state index contributed by atoms with van der Waals surface area (Å²) >= 11 is 0. The molecular formula is C43H51N9O8. The number of hydrogen-bond acceptors (Lipinski definition) is 11. The molecule has 8 rings (SSSR count). The van der Waals surface area contributed by atoms with Gasteiger partial charge < -0.3 is 49.3 Å². The van der Waals surface area contributed by atoms with Crippen molar-refractivity contribution in [3.05, 3.63) is 66.4 Å². The topological polar surface area (TPSA) is 206 Å². The lowest BCUT2D eigenvalue weighted by atomic mass is 10.0. The number of carbonyl (C=O) groups is 4. The Morgan fingerprint density at radius 1 is 0.783 bits per heavy atom. The zero-order valence-electron chi connectivity index (χ0n) is 34.6. The second-order valence-corrected chi connectivity index (χ2v) is 16.3. The predicted octanol–water partition coefficient (Wildman–Crippen LogP) is 5.61. The molecule has 0 radical (unpaired) electrons. The van der Waals surface area contributed by atoms with Crippen LogP contribution >= 0.6 is 0 Å². The number of methoxy groups -OCH3 is 2. The Morgan fingerprint density at radius 2 is 1.43 bits per heavy atom. The maximum absolute atomic E-state index is 14.1. The summed E-state index contributed by atoms with van der Waals surface area (Å²) in [7, 11) is 2.55. The SMILES string of the molecule is COC(=O)NC(C(=O)N1CCCC1c1ncc(-c2ccc3cc(-c4ccc5nc(C6CC7(CN6C(=O)C(NC(=O)OC)C(C)C)OCCO7)[nH]c5c4)ccc3n2)[nH]1)C(C)C. The van der Waals surface area contributed by atoms with Crippen molar-refractivity contribution < 1.29 is 38.1 Å². The highest BCUT2D eigenvalue weighted by molar-refractivity contribution is 5.90. The molecule has 2 aromatic carbocycles. The number of H-pyrrole nitrogens is 2. The van der Waals surface area contributed by atoms with Gasteiger partial charge in [-0.15, -0.1) is 0 Å². The van der Waals surface area contributed by atoms with Crippen molar-refractivity contribution in [2.24, 2.45) is 11.8 Å². The van der Waals surface area contributed by atoms with Crippen LogP contribution in [0.1, 0.15) is 70.7 Å².